The molecule has 2 rings (SSSR count). The summed E-state index contributed by atoms with van der Waals surface area (Å²) in [5.41, 5.74) is -3.72. The number of likely N-dealkylation sites (tertiary alicyclic amines) is 1. The molecule has 3 amide bonds. The van der Waals surface area contributed by atoms with Crippen LogP contribution in [0.2, 0.25) is 0 Å². The van der Waals surface area contributed by atoms with Gasteiger partial charge in [0.2, 0.25) is 5.91 Å². The van der Waals surface area contributed by atoms with Crippen LogP contribution in [0.1, 0.15) is 82.6 Å². The first-order valence-electron chi connectivity index (χ1n) is 12.2. The lowest BCUT2D eigenvalue weighted by Crippen LogP contribution is -2.55. The van der Waals surface area contributed by atoms with E-state index in [2.05, 4.69) is 0 Å². The average Bonchev–Trinajstić information content (AvgIpc) is 3.13. The Bertz CT molecular complexity index is 879. The van der Waals surface area contributed by atoms with Crippen LogP contribution in [0.25, 0.3) is 0 Å². The fraction of sp³-hybridized carbons (Fsp3) is 0.840. The van der Waals surface area contributed by atoms with Crippen molar-refractivity contribution in [3.05, 3.63) is 0 Å². The second-order valence-electron chi connectivity index (χ2n) is 12.7. The molecular formula is C25H42N2O9. The molecule has 2 fully saturated rings. The predicted octanol–water partition coefficient (Wildman–Crippen LogP) is 3.21. The van der Waals surface area contributed by atoms with Crippen molar-refractivity contribution in [3.63, 3.8) is 0 Å². The van der Waals surface area contributed by atoms with Crippen LogP contribution in [0.3, 0.4) is 0 Å². The van der Waals surface area contributed by atoms with Gasteiger partial charge < -0.3 is 24.1 Å². The van der Waals surface area contributed by atoms with Gasteiger partial charge in [-0.3, -0.25) is 9.69 Å². The monoisotopic (exact) mass is 514 g/mol. The molecule has 1 N–H and O–H groups in total. The minimum absolute atomic E-state index is 0.0687. The molecule has 2 saturated heterocycles. The molecule has 11 nitrogen and oxygen atoms in total. The van der Waals surface area contributed by atoms with E-state index in [1.165, 1.54) is 4.90 Å². The minimum Gasteiger partial charge on any atom is -0.458 e. The zero-order valence-electron chi connectivity index (χ0n) is 23.3. The van der Waals surface area contributed by atoms with Crippen LogP contribution < -0.4 is 0 Å². The van der Waals surface area contributed by atoms with Crippen LogP contribution in [-0.4, -0.2) is 86.3 Å². The Morgan fingerprint density at radius 1 is 0.917 bits per heavy atom. The fourth-order valence-corrected chi connectivity index (χ4v) is 4.18. The second-order valence-corrected chi connectivity index (χ2v) is 12.7. The lowest BCUT2D eigenvalue weighted by molar-refractivity contribution is -0.161. The predicted molar refractivity (Wildman–Crippen MR) is 129 cm³/mol. The van der Waals surface area contributed by atoms with Crippen molar-refractivity contribution in [1.82, 2.24) is 9.80 Å². The van der Waals surface area contributed by atoms with E-state index < -0.39 is 70.7 Å². The Kier molecular flexibility index (Phi) is 8.13. The van der Waals surface area contributed by atoms with Crippen molar-refractivity contribution in [2.75, 3.05) is 6.61 Å². The molecular weight excluding hydrogens is 472 g/mol. The number of ether oxygens (including phenoxy) is 4. The number of imide groups is 1. The van der Waals surface area contributed by atoms with Gasteiger partial charge in [0, 0.05) is 0 Å². The van der Waals surface area contributed by atoms with Gasteiger partial charge in [-0.2, -0.15) is 0 Å². The Labute approximate surface area is 213 Å². The molecule has 0 aromatic heterocycles. The molecule has 0 radical (unpaired) electrons. The third kappa shape index (κ3) is 7.09. The third-order valence-corrected chi connectivity index (χ3v) is 5.53. The zero-order chi connectivity index (χ0) is 28.0. The summed E-state index contributed by atoms with van der Waals surface area (Å²) < 4.78 is 22.1. The van der Waals surface area contributed by atoms with Crippen LogP contribution in [0.5, 0.6) is 0 Å². The molecule has 2 aliphatic rings. The van der Waals surface area contributed by atoms with Gasteiger partial charge in [0.15, 0.2) is 0 Å². The van der Waals surface area contributed by atoms with Gasteiger partial charge in [0.05, 0.1) is 24.7 Å². The number of hydrogen-bond donors (Lipinski definition) is 1. The van der Waals surface area contributed by atoms with Crippen molar-refractivity contribution < 1.29 is 43.2 Å². The normalized spacial score (nSPS) is 25.6. The Hall–Kier alpha value is -2.40. The quantitative estimate of drug-likeness (QED) is 0.445. The van der Waals surface area contributed by atoms with E-state index in [1.54, 1.807) is 76.2 Å². The highest BCUT2D eigenvalue weighted by Gasteiger charge is 2.57. The smallest absolute Gasteiger partial charge is 0.417 e. The molecule has 0 unspecified atom stereocenters. The van der Waals surface area contributed by atoms with E-state index >= 15 is 0 Å². The van der Waals surface area contributed by atoms with Crippen molar-refractivity contribution in [1.29, 1.82) is 0 Å². The molecule has 0 aromatic rings. The molecule has 0 aromatic carbocycles. The van der Waals surface area contributed by atoms with E-state index in [9.17, 15) is 24.3 Å². The summed E-state index contributed by atoms with van der Waals surface area (Å²) in [5.74, 6) is -2.77. The molecule has 0 bridgehead atoms. The van der Waals surface area contributed by atoms with Crippen LogP contribution in [-0.2, 0) is 28.5 Å². The van der Waals surface area contributed by atoms with Crippen molar-refractivity contribution in [3.8, 4) is 0 Å². The summed E-state index contributed by atoms with van der Waals surface area (Å²) in [5, 5.41) is 11.4. The Morgan fingerprint density at radius 3 is 1.86 bits per heavy atom. The maximum absolute atomic E-state index is 13.5. The molecule has 4 atom stereocenters. The number of carbonyl (C=O) groups excluding carboxylic acids is 4. The maximum atomic E-state index is 13.5. The number of aliphatic hydroxyl groups excluding tert-OH is 1. The lowest BCUT2D eigenvalue weighted by atomic mass is 9.92. The second kappa shape index (κ2) is 9.81. The SMILES string of the molecule is CC(C)(C)OC(=O)[C@@H]1C[C@@H]([C@@H](O)[C@@H]2COC(C)(C)N2C(=O)OC(C)(C)C)C(=O)N1C(=O)OC(C)(C)C. The molecule has 0 saturated carbocycles. The summed E-state index contributed by atoms with van der Waals surface area (Å²) in [6, 6.07) is -2.25. The van der Waals surface area contributed by atoms with Crippen LogP contribution in [0.15, 0.2) is 0 Å². The molecule has 36 heavy (non-hydrogen) atoms. The van der Waals surface area contributed by atoms with Crippen LogP contribution in [0, 0.1) is 5.92 Å². The van der Waals surface area contributed by atoms with E-state index in [1.807, 2.05) is 0 Å². The standard InChI is InChI=1S/C25H42N2O9/c1-22(2,3)34-19(30)15-12-14(18(29)26(15)20(31)35-23(4,5)6)17(28)16-13-33-25(10,11)27(16)21(32)36-24(7,8)9/h14-17,28H,12-13H2,1-11H3/t14-,15-,16-,17+/m0/s1. The van der Waals surface area contributed by atoms with Crippen molar-refractivity contribution in [2.24, 2.45) is 5.92 Å². The van der Waals surface area contributed by atoms with Crippen molar-refractivity contribution in [2.45, 2.75) is 123 Å². The summed E-state index contributed by atoms with van der Waals surface area (Å²) in [6.45, 7) is 18.3. The van der Waals surface area contributed by atoms with Gasteiger partial charge in [-0.1, -0.05) is 0 Å². The summed E-state index contributed by atoms with van der Waals surface area (Å²) >= 11 is 0. The highest BCUT2D eigenvalue weighted by Crippen LogP contribution is 2.37. The first-order chi connectivity index (χ1) is 16.0. The van der Waals surface area contributed by atoms with Gasteiger partial charge in [0.1, 0.15) is 28.6 Å². The van der Waals surface area contributed by atoms with E-state index in [0.29, 0.717) is 4.90 Å². The number of nitrogens with zero attached hydrogens (tertiary/aromatic N) is 2. The molecule has 11 heteroatoms. The summed E-state index contributed by atoms with van der Waals surface area (Å²) in [6.07, 6.45) is -3.38. The van der Waals surface area contributed by atoms with Gasteiger partial charge in [-0.05, 0) is 82.6 Å². The molecule has 0 aliphatic carbocycles. The van der Waals surface area contributed by atoms with Gasteiger partial charge in [-0.25, -0.2) is 19.3 Å². The molecule has 2 heterocycles. The Morgan fingerprint density at radius 2 is 1.39 bits per heavy atom. The summed E-state index contributed by atoms with van der Waals surface area (Å²) in [7, 11) is 0. The van der Waals surface area contributed by atoms with Crippen molar-refractivity contribution >= 4 is 24.1 Å². The fourth-order valence-electron chi connectivity index (χ4n) is 4.18. The summed E-state index contributed by atoms with van der Waals surface area (Å²) in [4.78, 5) is 54.4. The topological polar surface area (TPSA) is 132 Å². The van der Waals surface area contributed by atoms with Crippen LogP contribution in [0.4, 0.5) is 9.59 Å². The van der Waals surface area contributed by atoms with Crippen LogP contribution >= 0.6 is 0 Å². The highest BCUT2D eigenvalue weighted by molar-refractivity contribution is 6.01. The zero-order valence-corrected chi connectivity index (χ0v) is 23.3. The molecule has 206 valence electrons. The number of carbonyl (C=O) groups is 4. The number of hydrogen-bond acceptors (Lipinski definition) is 9. The first kappa shape index (κ1) is 29.8. The number of amides is 3. The van der Waals surface area contributed by atoms with E-state index in [-0.39, 0.29) is 13.0 Å². The lowest BCUT2D eigenvalue weighted by Gasteiger charge is -2.37. The Balaban J connectivity index is 2.39. The van der Waals surface area contributed by atoms with Gasteiger partial charge >= 0.3 is 18.2 Å². The first-order valence-corrected chi connectivity index (χ1v) is 12.2. The molecule has 0 spiro atoms. The number of rotatable bonds is 3. The number of esters is 1. The average molecular weight is 515 g/mol. The van der Waals surface area contributed by atoms with Gasteiger partial charge in [0.25, 0.3) is 0 Å². The van der Waals surface area contributed by atoms with E-state index in [4.69, 9.17) is 18.9 Å². The maximum Gasteiger partial charge on any atom is 0.417 e. The van der Waals surface area contributed by atoms with Gasteiger partial charge in [-0.15, -0.1) is 0 Å². The van der Waals surface area contributed by atoms with E-state index in [0.717, 1.165) is 0 Å². The largest absolute Gasteiger partial charge is 0.458 e. The highest BCUT2D eigenvalue weighted by atomic mass is 16.6. The third-order valence-electron chi connectivity index (χ3n) is 5.53. The number of aliphatic hydroxyl groups is 1. The minimum atomic E-state index is -1.45. The molecule has 2 aliphatic heterocycles.